The summed E-state index contributed by atoms with van der Waals surface area (Å²) in [5.74, 6) is -1.11. The van der Waals surface area contributed by atoms with Gasteiger partial charge < -0.3 is 21.7 Å². The standard InChI is InChI=1S/C44H34N12O11S4/c45-34-18-21-36(53-49-25-5-13-30(14-6-25)69(47,61)62)32-17-20-38(43(57)40(32)34)55-51-24-1-9-28(10-2-24)68(59,60)29-11-3-27(4-12-29)52-56-42-39(71(65,66)67)23-33-37(22-19-35(46)41(33)44(42)58)54-50-26-7-15-31(16-8-26)70(48,63)64/h1-23,57-58H,45-46H2,(H2,47,61,62)(H2,48,63,64)(H,65,66,67). The Kier molecular flexibility index (Phi) is 13.0. The molecule has 27 heteroatoms. The van der Waals surface area contributed by atoms with E-state index in [1.807, 2.05) is 0 Å². The first-order valence-corrected chi connectivity index (χ1v) is 26.0. The number of phenolic OH excluding ortho intramolecular Hbond substituents is 2. The zero-order valence-electron chi connectivity index (χ0n) is 35.9. The summed E-state index contributed by atoms with van der Waals surface area (Å²) < 4.78 is 109. The highest BCUT2D eigenvalue weighted by molar-refractivity contribution is 7.91. The van der Waals surface area contributed by atoms with Crippen LogP contribution in [0.4, 0.5) is 56.9 Å². The summed E-state index contributed by atoms with van der Waals surface area (Å²) in [4.78, 5) is -1.42. The SMILES string of the molecule is Nc1ccc(N=Nc2ccc(S(N)(=O)=O)cc2)c2ccc(N=Nc3ccc(S(=O)(=O)c4ccc(N=Nc5c(S(=O)(=O)O)cc6c(N=Nc7ccc(S(N)(=O)=O)cc7)ccc(N)c6c5O)cc4)cc3)c(O)c12. The number of sulfone groups is 1. The van der Waals surface area contributed by atoms with Gasteiger partial charge in [0.25, 0.3) is 10.1 Å². The fraction of sp³-hybridized carbons (Fsp3) is 0. The number of nitrogen functional groups attached to an aromatic ring is 2. The Balaban J connectivity index is 0.993. The Morgan fingerprint density at radius 2 is 0.732 bits per heavy atom. The number of anilines is 2. The van der Waals surface area contributed by atoms with Crippen LogP contribution in [0.15, 0.2) is 205 Å². The number of primary sulfonamides is 2. The number of rotatable bonds is 13. The number of hydrogen-bond acceptors (Lipinski definition) is 20. The first-order valence-electron chi connectivity index (χ1n) is 20.0. The van der Waals surface area contributed by atoms with Crippen LogP contribution in [0.25, 0.3) is 21.5 Å². The predicted octanol–water partition coefficient (Wildman–Crippen LogP) is 9.60. The molecule has 71 heavy (non-hydrogen) atoms. The quantitative estimate of drug-likeness (QED) is 0.0321. The normalized spacial score (nSPS) is 12.9. The lowest BCUT2D eigenvalue weighted by atomic mass is 10.0. The minimum atomic E-state index is -5.09. The van der Waals surface area contributed by atoms with Crippen molar-refractivity contribution in [3.05, 3.63) is 140 Å². The van der Waals surface area contributed by atoms with E-state index in [0.717, 1.165) is 6.07 Å². The molecule has 0 radical (unpaired) electrons. The molecule has 0 aliphatic carbocycles. The molecule has 0 fully saturated rings. The summed E-state index contributed by atoms with van der Waals surface area (Å²) in [7, 11) is -17.1. The predicted molar refractivity (Wildman–Crippen MR) is 261 cm³/mol. The molecule has 8 aromatic carbocycles. The highest BCUT2D eigenvalue weighted by atomic mass is 32.2. The molecule has 360 valence electrons. The van der Waals surface area contributed by atoms with Crippen molar-refractivity contribution in [2.24, 2.45) is 51.2 Å². The molecule has 8 aromatic rings. The second kappa shape index (κ2) is 18.8. The van der Waals surface area contributed by atoms with Gasteiger partial charge in [0.2, 0.25) is 29.9 Å². The van der Waals surface area contributed by atoms with Crippen molar-refractivity contribution in [2.75, 3.05) is 11.5 Å². The molecule has 0 saturated carbocycles. The maximum absolute atomic E-state index is 13.6. The second-order valence-electron chi connectivity index (χ2n) is 15.0. The Bertz CT molecular complexity index is 4050. The van der Waals surface area contributed by atoms with Crippen molar-refractivity contribution in [2.45, 2.75) is 24.5 Å². The molecule has 0 aliphatic heterocycles. The molecule has 8 rings (SSSR count). The van der Waals surface area contributed by atoms with Gasteiger partial charge in [-0.05, 0) is 140 Å². The van der Waals surface area contributed by atoms with E-state index in [-0.39, 0.29) is 81.3 Å². The lowest BCUT2D eigenvalue weighted by Crippen LogP contribution is -2.11. The van der Waals surface area contributed by atoms with Gasteiger partial charge in [-0.1, -0.05) is 0 Å². The lowest BCUT2D eigenvalue weighted by molar-refractivity contribution is 0.472. The first-order chi connectivity index (χ1) is 33.5. The monoisotopic (exact) mass is 1030 g/mol. The minimum Gasteiger partial charge on any atom is -0.505 e. The molecule has 0 saturated heterocycles. The number of azo groups is 4. The molecule has 0 amide bonds. The molecule has 0 aromatic heterocycles. The van der Waals surface area contributed by atoms with Crippen LogP contribution in [0.5, 0.6) is 11.5 Å². The van der Waals surface area contributed by atoms with Crippen LogP contribution in [-0.4, -0.2) is 48.4 Å². The summed E-state index contributed by atoms with van der Waals surface area (Å²) in [6.07, 6.45) is 0. The number of aromatic hydroxyl groups is 2. The van der Waals surface area contributed by atoms with Crippen molar-refractivity contribution in [3.8, 4) is 11.5 Å². The first kappa shape index (κ1) is 49.0. The molecule has 11 N–H and O–H groups in total. The fourth-order valence-electron chi connectivity index (χ4n) is 6.81. The van der Waals surface area contributed by atoms with E-state index in [1.165, 1.54) is 121 Å². The van der Waals surface area contributed by atoms with Crippen LogP contribution in [0, 0.1) is 0 Å². The van der Waals surface area contributed by atoms with Crippen LogP contribution in [-0.2, 0) is 40.0 Å². The molecule has 0 aliphatic rings. The number of nitrogens with two attached hydrogens (primary N) is 4. The van der Waals surface area contributed by atoms with E-state index in [4.69, 9.17) is 21.7 Å². The molecule has 0 spiro atoms. The molecule has 0 atom stereocenters. The number of nitrogens with zero attached hydrogens (tertiary/aromatic N) is 8. The smallest absolute Gasteiger partial charge is 0.296 e. The van der Waals surface area contributed by atoms with Gasteiger partial charge in [0.05, 0.1) is 64.5 Å². The molecular formula is C44H34N12O11S4. The maximum atomic E-state index is 13.6. The van der Waals surface area contributed by atoms with Crippen LogP contribution >= 0.6 is 0 Å². The number of sulfonamides is 2. The van der Waals surface area contributed by atoms with E-state index >= 15 is 0 Å². The number of benzene rings is 8. The van der Waals surface area contributed by atoms with Crippen molar-refractivity contribution < 1.29 is 48.4 Å². The third-order valence-electron chi connectivity index (χ3n) is 10.4. The summed E-state index contributed by atoms with van der Waals surface area (Å²) >= 11 is 0. The van der Waals surface area contributed by atoms with Crippen LogP contribution in [0.1, 0.15) is 0 Å². The summed E-state index contributed by atoms with van der Waals surface area (Å²) in [6, 6.07) is 30.6. The van der Waals surface area contributed by atoms with Gasteiger partial charge >= 0.3 is 0 Å². The van der Waals surface area contributed by atoms with E-state index in [1.54, 1.807) is 12.1 Å². The molecule has 0 unspecified atom stereocenters. The van der Waals surface area contributed by atoms with Gasteiger partial charge in [-0.2, -0.15) is 28.9 Å². The lowest BCUT2D eigenvalue weighted by Gasteiger charge is -2.12. The van der Waals surface area contributed by atoms with Gasteiger partial charge in [-0.25, -0.2) is 35.5 Å². The number of fused-ring (bicyclic) bond motifs is 2. The van der Waals surface area contributed by atoms with Gasteiger partial charge in [-0.15, -0.1) is 20.5 Å². The number of hydrogen-bond donors (Lipinski definition) is 7. The summed E-state index contributed by atoms with van der Waals surface area (Å²) in [5, 5.41) is 65.8. The van der Waals surface area contributed by atoms with E-state index in [9.17, 15) is 48.4 Å². The minimum absolute atomic E-state index is 0.00760. The molecule has 0 heterocycles. The van der Waals surface area contributed by atoms with Crippen molar-refractivity contribution in [3.63, 3.8) is 0 Å². The Hall–Kier alpha value is -8.44. The Morgan fingerprint density at radius 1 is 0.380 bits per heavy atom. The largest absolute Gasteiger partial charge is 0.505 e. The summed E-state index contributed by atoms with van der Waals surface area (Å²) in [6.45, 7) is 0. The molecule has 0 bridgehead atoms. The van der Waals surface area contributed by atoms with Gasteiger partial charge in [0, 0.05) is 22.1 Å². The zero-order chi connectivity index (χ0) is 51.0. The van der Waals surface area contributed by atoms with Crippen molar-refractivity contribution in [1.82, 2.24) is 0 Å². The van der Waals surface area contributed by atoms with Gasteiger partial charge in [0.1, 0.15) is 16.3 Å². The average molecular weight is 1040 g/mol. The van der Waals surface area contributed by atoms with E-state index in [0.29, 0.717) is 16.8 Å². The highest BCUT2D eigenvalue weighted by Gasteiger charge is 2.25. The van der Waals surface area contributed by atoms with Crippen LogP contribution in [0.2, 0.25) is 0 Å². The van der Waals surface area contributed by atoms with Crippen molar-refractivity contribution >= 4 is 118 Å². The molecular weight excluding hydrogens is 1000 g/mol. The highest BCUT2D eigenvalue weighted by Crippen LogP contribution is 2.47. The van der Waals surface area contributed by atoms with E-state index in [2.05, 4.69) is 40.9 Å². The Morgan fingerprint density at radius 3 is 1.14 bits per heavy atom. The topological polar surface area (TPSA) is 400 Å². The van der Waals surface area contributed by atoms with Crippen LogP contribution in [0.3, 0.4) is 0 Å². The molecule has 23 nitrogen and oxygen atoms in total. The maximum Gasteiger partial charge on any atom is 0.296 e. The number of phenols is 2. The van der Waals surface area contributed by atoms with E-state index < -0.39 is 56.3 Å². The fourth-order valence-corrected chi connectivity index (χ4v) is 9.75. The van der Waals surface area contributed by atoms with Crippen molar-refractivity contribution in [1.29, 1.82) is 0 Å². The average Bonchev–Trinajstić information content (AvgIpc) is 3.32. The Labute approximate surface area is 403 Å². The summed E-state index contributed by atoms with van der Waals surface area (Å²) in [5.41, 5.74) is 12.9. The van der Waals surface area contributed by atoms with Crippen LogP contribution < -0.4 is 21.7 Å². The third-order valence-corrected chi connectivity index (χ3v) is 14.9. The third kappa shape index (κ3) is 10.4. The van der Waals surface area contributed by atoms with Gasteiger partial charge in [0.15, 0.2) is 11.5 Å². The zero-order valence-corrected chi connectivity index (χ0v) is 39.2. The second-order valence-corrected chi connectivity index (χ2v) is 21.5. The van der Waals surface area contributed by atoms with Gasteiger partial charge in [-0.3, -0.25) is 4.55 Å².